The Hall–Kier alpha value is -3.72. The first kappa shape index (κ1) is 22.1. The molecule has 5 rings (SSSR count). The highest BCUT2D eigenvalue weighted by molar-refractivity contribution is 7.99. The van der Waals surface area contributed by atoms with Gasteiger partial charge in [-0.1, -0.05) is 60.3 Å². The molecule has 0 atom stereocenters. The van der Waals surface area contributed by atoms with Crippen LogP contribution in [-0.2, 0) is 11.2 Å². The van der Waals surface area contributed by atoms with Crippen LogP contribution in [0.5, 0.6) is 0 Å². The predicted molar refractivity (Wildman–Crippen MR) is 132 cm³/mol. The van der Waals surface area contributed by atoms with Crippen LogP contribution in [0, 0.1) is 0 Å². The summed E-state index contributed by atoms with van der Waals surface area (Å²) in [5, 5.41) is 9.63. The average Bonchev–Trinajstić information content (AvgIpc) is 3.31. The van der Waals surface area contributed by atoms with Crippen LogP contribution in [0.25, 0.3) is 5.69 Å². The lowest BCUT2D eigenvalue weighted by Crippen LogP contribution is -2.49. The van der Waals surface area contributed by atoms with Gasteiger partial charge < -0.3 is 9.80 Å². The van der Waals surface area contributed by atoms with Crippen LogP contribution in [0.15, 0.2) is 84.3 Å². The Balaban J connectivity index is 1.26. The Bertz CT molecular complexity index is 1210. The fraction of sp³-hybridized carbons (Fsp3) is 0.240. The summed E-state index contributed by atoms with van der Waals surface area (Å²) in [7, 11) is 0. The lowest BCUT2D eigenvalue weighted by molar-refractivity contribution is -0.128. The lowest BCUT2D eigenvalue weighted by Gasteiger charge is -2.34. The highest BCUT2D eigenvalue weighted by atomic mass is 32.2. The molecule has 1 fully saturated rings. The number of carbonyl (C=O) groups is 1. The summed E-state index contributed by atoms with van der Waals surface area (Å²) in [5.41, 5.74) is 2.16. The van der Waals surface area contributed by atoms with Crippen LogP contribution in [-0.4, -0.2) is 67.5 Å². The second-order valence-corrected chi connectivity index (χ2v) is 8.88. The number of hydrogen-bond donors (Lipinski definition) is 0. The van der Waals surface area contributed by atoms with Crippen molar-refractivity contribution in [1.82, 2.24) is 29.6 Å². The number of rotatable bonds is 7. The standard InChI is InChI=1S/C25H25N7OS/c33-23(30-14-16-31(17-15-30)24-26-12-7-13-27-24)19-34-25-29-28-22(18-20-8-3-1-4-9-20)32(25)21-10-5-2-6-11-21/h1-13H,14-19H2. The molecule has 1 aliphatic heterocycles. The van der Waals surface area contributed by atoms with Crippen molar-refractivity contribution in [2.24, 2.45) is 0 Å². The van der Waals surface area contributed by atoms with Crippen molar-refractivity contribution in [3.8, 4) is 5.69 Å². The predicted octanol–water partition coefficient (Wildman–Crippen LogP) is 3.09. The summed E-state index contributed by atoms with van der Waals surface area (Å²) in [5.74, 6) is 1.98. The molecule has 0 saturated carbocycles. The number of thioether (sulfide) groups is 1. The molecule has 0 spiro atoms. The van der Waals surface area contributed by atoms with Gasteiger partial charge in [0, 0.05) is 50.7 Å². The third kappa shape index (κ3) is 5.09. The number of benzene rings is 2. The number of para-hydroxylation sites is 1. The number of nitrogens with zero attached hydrogens (tertiary/aromatic N) is 7. The van der Waals surface area contributed by atoms with Gasteiger partial charge in [-0.25, -0.2) is 9.97 Å². The van der Waals surface area contributed by atoms with Gasteiger partial charge in [0.25, 0.3) is 0 Å². The van der Waals surface area contributed by atoms with Gasteiger partial charge in [-0.15, -0.1) is 10.2 Å². The SMILES string of the molecule is O=C(CSc1nnc(Cc2ccccc2)n1-c1ccccc1)N1CCN(c2ncccn2)CC1. The minimum absolute atomic E-state index is 0.103. The van der Waals surface area contributed by atoms with Crippen LogP contribution in [0.2, 0.25) is 0 Å². The molecule has 0 N–H and O–H groups in total. The van der Waals surface area contributed by atoms with Crippen molar-refractivity contribution in [2.75, 3.05) is 36.8 Å². The van der Waals surface area contributed by atoms with Crippen molar-refractivity contribution < 1.29 is 4.79 Å². The molecule has 8 nitrogen and oxygen atoms in total. The Labute approximate surface area is 202 Å². The molecule has 1 aliphatic rings. The minimum atomic E-state index is 0.103. The van der Waals surface area contributed by atoms with Crippen molar-refractivity contribution >= 4 is 23.6 Å². The molecule has 9 heteroatoms. The highest BCUT2D eigenvalue weighted by Crippen LogP contribution is 2.24. The Morgan fingerprint density at radius 3 is 2.21 bits per heavy atom. The smallest absolute Gasteiger partial charge is 0.233 e. The molecule has 0 radical (unpaired) electrons. The third-order valence-corrected chi connectivity index (χ3v) is 6.63. The quantitative estimate of drug-likeness (QED) is 0.383. The van der Waals surface area contributed by atoms with E-state index in [1.165, 1.54) is 17.3 Å². The van der Waals surface area contributed by atoms with Gasteiger partial charge in [-0.3, -0.25) is 9.36 Å². The maximum Gasteiger partial charge on any atom is 0.233 e. The maximum absolute atomic E-state index is 13.0. The monoisotopic (exact) mass is 471 g/mol. The zero-order valence-electron chi connectivity index (χ0n) is 18.7. The first-order valence-corrected chi connectivity index (χ1v) is 12.2. The van der Waals surface area contributed by atoms with Crippen molar-refractivity contribution in [2.45, 2.75) is 11.6 Å². The van der Waals surface area contributed by atoms with Crippen LogP contribution < -0.4 is 4.90 Å². The largest absolute Gasteiger partial charge is 0.338 e. The molecule has 0 bridgehead atoms. The van der Waals surface area contributed by atoms with E-state index < -0.39 is 0 Å². The summed E-state index contributed by atoms with van der Waals surface area (Å²) < 4.78 is 2.05. The number of anilines is 1. The summed E-state index contributed by atoms with van der Waals surface area (Å²) in [6, 6.07) is 22.1. The zero-order valence-corrected chi connectivity index (χ0v) is 19.5. The van der Waals surface area contributed by atoms with Gasteiger partial charge in [0.15, 0.2) is 5.16 Å². The number of carbonyl (C=O) groups excluding carboxylic acids is 1. The molecule has 3 heterocycles. The van der Waals surface area contributed by atoms with Crippen LogP contribution in [0.1, 0.15) is 11.4 Å². The van der Waals surface area contributed by atoms with Gasteiger partial charge in [-0.05, 0) is 23.8 Å². The Morgan fingerprint density at radius 1 is 0.824 bits per heavy atom. The zero-order chi connectivity index (χ0) is 23.2. The second kappa shape index (κ2) is 10.5. The Kier molecular flexibility index (Phi) is 6.81. The van der Waals surface area contributed by atoms with E-state index in [0.717, 1.165) is 29.8 Å². The van der Waals surface area contributed by atoms with Crippen molar-refractivity contribution in [3.05, 3.63) is 90.5 Å². The summed E-state index contributed by atoms with van der Waals surface area (Å²) >= 11 is 1.43. The molecule has 0 aliphatic carbocycles. The van der Waals surface area contributed by atoms with Crippen molar-refractivity contribution in [1.29, 1.82) is 0 Å². The fourth-order valence-corrected chi connectivity index (χ4v) is 4.82. The van der Waals surface area contributed by atoms with Crippen molar-refractivity contribution in [3.63, 3.8) is 0 Å². The molecule has 1 amide bonds. The first-order valence-electron chi connectivity index (χ1n) is 11.2. The van der Waals surface area contributed by atoms with Gasteiger partial charge in [0.05, 0.1) is 5.75 Å². The number of hydrogen-bond acceptors (Lipinski definition) is 7. The average molecular weight is 472 g/mol. The first-order chi connectivity index (χ1) is 16.8. The molecule has 2 aromatic heterocycles. The number of aromatic nitrogens is 5. The molecule has 172 valence electrons. The van der Waals surface area contributed by atoms with E-state index in [-0.39, 0.29) is 5.91 Å². The molecule has 4 aromatic rings. The lowest BCUT2D eigenvalue weighted by atomic mass is 10.1. The van der Waals surface area contributed by atoms with Gasteiger partial charge >= 0.3 is 0 Å². The minimum Gasteiger partial charge on any atom is -0.338 e. The molecular formula is C25H25N7OS. The van der Waals surface area contributed by atoms with E-state index in [1.807, 2.05) is 53.4 Å². The topological polar surface area (TPSA) is 80.0 Å². The summed E-state index contributed by atoms with van der Waals surface area (Å²) in [6.07, 6.45) is 4.15. The number of amides is 1. The molecule has 2 aromatic carbocycles. The normalized spacial score (nSPS) is 13.8. The molecule has 0 unspecified atom stereocenters. The van der Waals surface area contributed by atoms with E-state index in [4.69, 9.17) is 0 Å². The second-order valence-electron chi connectivity index (χ2n) is 7.94. The Morgan fingerprint density at radius 2 is 1.50 bits per heavy atom. The van der Waals surface area contributed by atoms with Crippen LogP contribution in [0.3, 0.4) is 0 Å². The number of piperazine rings is 1. The van der Waals surface area contributed by atoms with E-state index in [9.17, 15) is 4.79 Å². The van der Waals surface area contributed by atoms with Gasteiger partial charge in [0.2, 0.25) is 11.9 Å². The van der Waals surface area contributed by atoms with Crippen LogP contribution in [0.4, 0.5) is 5.95 Å². The molecule has 1 saturated heterocycles. The molecule has 34 heavy (non-hydrogen) atoms. The fourth-order valence-electron chi connectivity index (χ4n) is 3.95. The van der Waals surface area contributed by atoms with Gasteiger partial charge in [0.1, 0.15) is 5.82 Å². The third-order valence-electron chi connectivity index (χ3n) is 5.71. The molecular weight excluding hydrogens is 446 g/mol. The van der Waals surface area contributed by atoms with Gasteiger partial charge in [-0.2, -0.15) is 0 Å². The summed E-state index contributed by atoms with van der Waals surface area (Å²) in [4.78, 5) is 25.6. The van der Waals surface area contributed by atoms with E-state index in [2.05, 4.69) is 41.8 Å². The maximum atomic E-state index is 13.0. The van der Waals surface area contributed by atoms with E-state index in [1.54, 1.807) is 18.5 Å². The van der Waals surface area contributed by atoms with E-state index >= 15 is 0 Å². The summed E-state index contributed by atoms with van der Waals surface area (Å²) in [6.45, 7) is 2.76. The van der Waals surface area contributed by atoms with Crippen LogP contribution >= 0.6 is 11.8 Å². The highest BCUT2D eigenvalue weighted by Gasteiger charge is 2.23. The van der Waals surface area contributed by atoms with E-state index in [0.29, 0.717) is 31.2 Å².